The number of nitrogens with one attached hydrogen (secondary N) is 1. The molecule has 5 rings (SSSR count). The van der Waals surface area contributed by atoms with Crippen LogP contribution < -0.4 is 5.43 Å². The second-order valence-electron chi connectivity index (χ2n) is 8.05. The molecule has 0 aliphatic rings. The first-order valence-corrected chi connectivity index (χ1v) is 12.9. The molecule has 6 nitrogen and oxygen atoms in total. The quantitative estimate of drug-likeness (QED) is 0.143. The molecule has 0 radical (unpaired) electrons. The largest absolute Gasteiger partial charge is 0.272 e. The number of hydrazone groups is 1. The van der Waals surface area contributed by atoms with Crippen molar-refractivity contribution in [1.29, 1.82) is 0 Å². The van der Waals surface area contributed by atoms with E-state index in [-0.39, 0.29) is 11.7 Å². The molecule has 8 heteroatoms. The summed E-state index contributed by atoms with van der Waals surface area (Å²) in [6.07, 6.45) is 1.63. The molecule has 1 N–H and O–H groups in total. The Morgan fingerprint density at radius 3 is 2.11 bits per heavy atom. The maximum atomic E-state index is 12.5. The predicted molar refractivity (Wildman–Crippen MR) is 150 cm³/mol. The van der Waals surface area contributed by atoms with Crippen LogP contribution in [0.1, 0.15) is 5.56 Å². The third-order valence-corrected chi connectivity index (χ3v) is 6.68. The van der Waals surface area contributed by atoms with E-state index in [1.807, 2.05) is 102 Å². The Hall–Kier alpha value is -4.20. The molecule has 0 unspecified atom stereocenters. The van der Waals surface area contributed by atoms with Crippen LogP contribution in [0.15, 0.2) is 119 Å². The van der Waals surface area contributed by atoms with Crippen molar-refractivity contribution in [2.24, 2.45) is 5.10 Å². The summed E-state index contributed by atoms with van der Waals surface area (Å²) in [5.41, 5.74) is 7.53. The summed E-state index contributed by atoms with van der Waals surface area (Å²) < 4.78 is 1.92. The molecular formula is C29H22ClN5OS. The van der Waals surface area contributed by atoms with E-state index < -0.39 is 0 Å². The fourth-order valence-corrected chi connectivity index (χ4v) is 4.56. The van der Waals surface area contributed by atoms with Crippen molar-refractivity contribution < 1.29 is 4.79 Å². The molecule has 0 saturated carbocycles. The molecule has 0 fully saturated rings. The standard InChI is InChI=1S/C29H22ClN5OS/c30-25-15-17-26(18-16-25)35-28(24-9-5-2-6-10-24)33-34-29(35)37-20-27(36)32-31-19-21-11-13-23(14-12-21)22-7-3-1-4-8-22/h1-19H,20H2,(H,32,36). The van der Waals surface area contributed by atoms with Gasteiger partial charge in [-0.15, -0.1) is 10.2 Å². The van der Waals surface area contributed by atoms with Gasteiger partial charge in [-0.05, 0) is 41.0 Å². The average molecular weight is 524 g/mol. The van der Waals surface area contributed by atoms with Gasteiger partial charge < -0.3 is 0 Å². The third kappa shape index (κ3) is 6.14. The van der Waals surface area contributed by atoms with Gasteiger partial charge in [0.05, 0.1) is 12.0 Å². The highest BCUT2D eigenvalue weighted by molar-refractivity contribution is 7.99. The summed E-state index contributed by atoms with van der Waals surface area (Å²) in [5.74, 6) is 0.571. The molecule has 0 atom stereocenters. The van der Waals surface area contributed by atoms with Crippen molar-refractivity contribution in [3.63, 3.8) is 0 Å². The van der Waals surface area contributed by atoms with E-state index in [0.29, 0.717) is 16.0 Å². The zero-order valence-corrected chi connectivity index (χ0v) is 21.2. The summed E-state index contributed by atoms with van der Waals surface area (Å²) >= 11 is 7.37. The highest BCUT2D eigenvalue weighted by Gasteiger charge is 2.17. The Bertz CT molecular complexity index is 1500. The molecule has 4 aromatic carbocycles. The Morgan fingerprint density at radius 1 is 0.811 bits per heavy atom. The highest BCUT2D eigenvalue weighted by Crippen LogP contribution is 2.28. The van der Waals surface area contributed by atoms with Crippen molar-refractivity contribution >= 4 is 35.5 Å². The van der Waals surface area contributed by atoms with Crippen LogP contribution >= 0.6 is 23.4 Å². The molecule has 0 bridgehead atoms. The van der Waals surface area contributed by atoms with Crippen LogP contribution in [0.5, 0.6) is 0 Å². The normalized spacial score (nSPS) is 11.1. The molecule has 182 valence electrons. The minimum Gasteiger partial charge on any atom is -0.272 e. The molecule has 1 amide bonds. The lowest BCUT2D eigenvalue weighted by atomic mass is 10.0. The number of rotatable bonds is 8. The summed E-state index contributed by atoms with van der Waals surface area (Å²) in [4.78, 5) is 12.5. The number of aromatic nitrogens is 3. The van der Waals surface area contributed by atoms with Crippen LogP contribution in [0.2, 0.25) is 5.02 Å². The van der Waals surface area contributed by atoms with Crippen molar-refractivity contribution in [2.75, 3.05) is 5.75 Å². The number of nitrogens with zero attached hydrogens (tertiary/aromatic N) is 4. The Kier molecular flexibility index (Phi) is 7.74. The van der Waals surface area contributed by atoms with E-state index in [1.54, 1.807) is 6.21 Å². The molecule has 1 heterocycles. The Morgan fingerprint density at radius 2 is 1.43 bits per heavy atom. The molecule has 0 spiro atoms. The number of carbonyl (C=O) groups excluding carboxylic acids is 1. The van der Waals surface area contributed by atoms with Crippen LogP contribution in [0.25, 0.3) is 28.2 Å². The van der Waals surface area contributed by atoms with Gasteiger partial charge in [0, 0.05) is 16.3 Å². The van der Waals surface area contributed by atoms with Gasteiger partial charge in [0.2, 0.25) is 0 Å². The van der Waals surface area contributed by atoms with Gasteiger partial charge in [-0.2, -0.15) is 5.10 Å². The zero-order valence-electron chi connectivity index (χ0n) is 19.7. The molecular weight excluding hydrogens is 502 g/mol. The lowest BCUT2D eigenvalue weighted by molar-refractivity contribution is -0.118. The van der Waals surface area contributed by atoms with Gasteiger partial charge in [-0.25, -0.2) is 5.43 Å². The van der Waals surface area contributed by atoms with E-state index in [4.69, 9.17) is 11.6 Å². The number of carbonyl (C=O) groups is 1. The van der Waals surface area contributed by atoms with Gasteiger partial charge in [0.25, 0.3) is 5.91 Å². The van der Waals surface area contributed by atoms with Gasteiger partial charge in [-0.3, -0.25) is 9.36 Å². The van der Waals surface area contributed by atoms with Crippen LogP contribution in [0, 0.1) is 0 Å². The molecule has 0 aliphatic heterocycles. The third-order valence-electron chi connectivity index (χ3n) is 5.50. The Balaban J connectivity index is 1.24. The summed E-state index contributed by atoms with van der Waals surface area (Å²) in [5, 5.41) is 14.1. The summed E-state index contributed by atoms with van der Waals surface area (Å²) in [7, 11) is 0. The first-order chi connectivity index (χ1) is 18.2. The average Bonchev–Trinajstić information content (AvgIpc) is 3.38. The number of amides is 1. The van der Waals surface area contributed by atoms with Crippen molar-refractivity contribution in [2.45, 2.75) is 5.16 Å². The summed E-state index contributed by atoms with van der Waals surface area (Å²) in [6.45, 7) is 0. The maximum Gasteiger partial charge on any atom is 0.250 e. The maximum absolute atomic E-state index is 12.5. The van der Waals surface area contributed by atoms with Gasteiger partial charge in [-0.1, -0.05) is 108 Å². The second kappa shape index (κ2) is 11.7. The van der Waals surface area contributed by atoms with E-state index >= 15 is 0 Å². The second-order valence-corrected chi connectivity index (χ2v) is 9.43. The first-order valence-electron chi connectivity index (χ1n) is 11.5. The van der Waals surface area contributed by atoms with Gasteiger partial charge in [0.15, 0.2) is 11.0 Å². The van der Waals surface area contributed by atoms with Crippen LogP contribution in [0.3, 0.4) is 0 Å². The fourth-order valence-electron chi connectivity index (χ4n) is 3.69. The SMILES string of the molecule is O=C(CSc1nnc(-c2ccccc2)n1-c1ccc(Cl)cc1)NN=Cc1ccc(-c2ccccc2)cc1. The van der Waals surface area contributed by atoms with E-state index in [9.17, 15) is 4.79 Å². The first kappa shape index (κ1) is 24.5. The van der Waals surface area contributed by atoms with Gasteiger partial charge in [0.1, 0.15) is 0 Å². The molecule has 0 saturated heterocycles. The number of thioether (sulfide) groups is 1. The molecule has 37 heavy (non-hydrogen) atoms. The summed E-state index contributed by atoms with van der Waals surface area (Å²) in [6, 6.07) is 35.4. The Labute approximate surface area is 224 Å². The van der Waals surface area contributed by atoms with Gasteiger partial charge >= 0.3 is 0 Å². The van der Waals surface area contributed by atoms with Crippen LogP contribution in [-0.4, -0.2) is 32.6 Å². The van der Waals surface area contributed by atoms with E-state index in [2.05, 4.69) is 32.9 Å². The minimum atomic E-state index is -0.242. The molecule has 0 aliphatic carbocycles. The smallest absolute Gasteiger partial charge is 0.250 e. The predicted octanol–water partition coefficient (Wildman–Crippen LogP) is 6.50. The highest BCUT2D eigenvalue weighted by atomic mass is 35.5. The monoisotopic (exact) mass is 523 g/mol. The van der Waals surface area contributed by atoms with Crippen molar-refractivity contribution in [3.05, 3.63) is 120 Å². The van der Waals surface area contributed by atoms with Crippen molar-refractivity contribution in [3.8, 4) is 28.2 Å². The van der Waals surface area contributed by atoms with Crippen LogP contribution in [0.4, 0.5) is 0 Å². The van der Waals surface area contributed by atoms with E-state index in [1.165, 1.54) is 11.8 Å². The molecule has 1 aromatic heterocycles. The number of hydrogen-bond acceptors (Lipinski definition) is 5. The van der Waals surface area contributed by atoms with Crippen molar-refractivity contribution in [1.82, 2.24) is 20.2 Å². The minimum absolute atomic E-state index is 0.130. The lowest BCUT2D eigenvalue weighted by Gasteiger charge is -2.10. The topological polar surface area (TPSA) is 72.2 Å². The number of halogens is 1. The lowest BCUT2D eigenvalue weighted by Crippen LogP contribution is -2.20. The number of hydrogen-bond donors (Lipinski definition) is 1. The molecule has 5 aromatic rings. The van der Waals surface area contributed by atoms with E-state index in [0.717, 1.165) is 27.9 Å². The zero-order chi connectivity index (χ0) is 25.5. The van der Waals surface area contributed by atoms with Crippen LogP contribution in [-0.2, 0) is 4.79 Å². The number of benzene rings is 4. The fraction of sp³-hybridized carbons (Fsp3) is 0.0345.